The van der Waals surface area contributed by atoms with Crippen molar-refractivity contribution in [1.29, 1.82) is 0 Å². The molecule has 0 spiro atoms. The molecule has 136 valence electrons. The highest BCUT2D eigenvalue weighted by Crippen LogP contribution is 2.61. The molecule has 1 unspecified atom stereocenters. The van der Waals surface area contributed by atoms with Crippen molar-refractivity contribution in [3.63, 3.8) is 0 Å². The summed E-state index contributed by atoms with van der Waals surface area (Å²) in [6.45, 7) is 0.722. The van der Waals surface area contributed by atoms with Gasteiger partial charge in [0.2, 0.25) is 0 Å². The van der Waals surface area contributed by atoms with Crippen LogP contribution in [0.5, 0.6) is 0 Å². The van der Waals surface area contributed by atoms with E-state index < -0.39 is 0 Å². The van der Waals surface area contributed by atoms with E-state index in [4.69, 9.17) is 10.5 Å². The van der Waals surface area contributed by atoms with Gasteiger partial charge in [0.05, 0.1) is 12.2 Å². The molecule has 4 saturated carbocycles. The van der Waals surface area contributed by atoms with Gasteiger partial charge < -0.3 is 10.5 Å². The van der Waals surface area contributed by atoms with Crippen LogP contribution in [0.15, 0.2) is 60.7 Å². The smallest absolute Gasteiger partial charge is 0.0724 e. The molecule has 0 heterocycles. The van der Waals surface area contributed by atoms with Crippen molar-refractivity contribution in [2.45, 2.75) is 56.3 Å². The van der Waals surface area contributed by atoms with Crippen molar-refractivity contribution in [1.82, 2.24) is 0 Å². The third-order valence-electron chi connectivity index (χ3n) is 7.24. The van der Waals surface area contributed by atoms with Crippen molar-refractivity contribution in [2.24, 2.45) is 23.5 Å². The summed E-state index contributed by atoms with van der Waals surface area (Å²) in [6, 6.07) is 21.5. The van der Waals surface area contributed by atoms with Crippen LogP contribution in [0.2, 0.25) is 0 Å². The summed E-state index contributed by atoms with van der Waals surface area (Å²) in [6.07, 6.45) is 7.13. The molecular weight excluding hydrogens is 318 g/mol. The van der Waals surface area contributed by atoms with Crippen LogP contribution in [0.4, 0.5) is 0 Å². The van der Waals surface area contributed by atoms with Crippen LogP contribution in [0.25, 0.3) is 0 Å². The van der Waals surface area contributed by atoms with Gasteiger partial charge in [-0.05, 0) is 67.4 Å². The van der Waals surface area contributed by atoms with Gasteiger partial charge in [0, 0.05) is 5.54 Å². The first-order chi connectivity index (χ1) is 12.6. The minimum atomic E-state index is -0.0450. The topological polar surface area (TPSA) is 35.2 Å². The minimum Gasteiger partial charge on any atom is -0.370 e. The first-order valence-electron chi connectivity index (χ1n) is 10.1. The second-order valence-corrected chi connectivity index (χ2v) is 9.14. The molecule has 4 bridgehead atoms. The third-order valence-corrected chi connectivity index (χ3v) is 7.24. The molecular formula is C24H29NO. The van der Waals surface area contributed by atoms with Crippen molar-refractivity contribution in [3.8, 4) is 0 Å². The molecule has 4 aliphatic carbocycles. The summed E-state index contributed by atoms with van der Waals surface area (Å²) < 4.78 is 6.61. The summed E-state index contributed by atoms with van der Waals surface area (Å²) in [5.74, 6) is 2.09. The number of hydrogen-bond donors (Lipinski definition) is 1. The lowest BCUT2D eigenvalue weighted by molar-refractivity contribution is -0.195. The van der Waals surface area contributed by atoms with Crippen LogP contribution < -0.4 is 5.73 Å². The second-order valence-electron chi connectivity index (χ2n) is 9.14. The Morgan fingerprint density at radius 1 is 0.885 bits per heavy atom. The van der Waals surface area contributed by atoms with Gasteiger partial charge in [0.1, 0.15) is 0 Å². The van der Waals surface area contributed by atoms with E-state index >= 15 is 0 Å². The zero-order valence-corrected chi connectivity index (χ0v) is 15.4. The molecule has 26 heavy (non-hydrogen) atoms. The van der Waals surface area contributed by atoms with Gasteiger partial charge >= 0.3 is 0 Å². The number of nitrogens with two attached hydrogens (primary N) is 1. The summed E-state index contributed by atoms with van der Waals surface area (Å²) in [7, 11) is 0. The van der Waals surface area contributed by atoms with Crippen LogP contribution in [0.1, 0.15) is 43.2 Å². The first kappa shape index (κ1) is 16.5. The molecule has 0 aliphatic heterocycles. The highest BCUT2D eigenvalue weighted by atomic mass is 16.5. The van der Waals surface area contributed by atoms with E-state index in [0.29, 0.717) is 5.92 Å². The fourth-order valence-electron chi connectivity index (χ4n) is 6.47. The first-order valence-corrected chi connectivity index (χ1v) is 10.1. The van der Waals surface area contributed by atoms with Crippen LogP contribution >= 0.6 is 0 Å². The van der Waals surface area contributed by atoms with E-state index in [2.05, 4.69) is 60.7 Å². The normalized spacial score (nSPS) is 37.8. The molecule has 0 radical (unpaired) electrons. The summed E-state index contributed by atoms with van der Waals surface area (Å²) in [5.41, 5.74) is 9.77. The summed E-state index contributed by atoms with van der Waals surface area (Å²) in [5, 5.41) is 0. The lowest BCUT2D eigenvalue weighted by Gasteiger charge is -2.64. The van der Waals surface area contributed by atoms with E-state index in [1.54, 1.807) is 0 Å². The lowest BCUT2D eigenvalue weighted by Crippen LogP contribution is -2.68. The van der Waals surface area contributed by atoms with Crippen LogP contribution in [-0.2, 0) is 17.8 Å². The molecule has 5 atom stereocenters. The average molecular weight is 348 g/mol. The van der Waals surface area contributed by atoms with E-state index in [-0.39, 0.29) is 11.1 Å². The van der Waals surface area contributed by atoms with Crippen LogP contribution in [0, 0.1) is 17.8 Å². The quantitative estimate of drug-likeness (QED) is 0.849. The van der Waals surface area contributed by atoms with Gasteiger partial charge in [-0.3, -0.25) is 0 Å². The monoisotopic (exact) mass is 347 g/mol. The Labute approximate surface area is 156 Å². The highest BCUT2D eigenvalue weighted by Gasteiger charge is 2.61. The molecule has 2 N–H and O–H groups in total. The Morgan fingerprint density at radius 3 is 2.27 bits per heavy atom. The molecule has 2 nitrogen and oxygen atoms in total. The maximum absolute atomic E-state index is 7.09. The molecule has 4 fully saturated rings. The van der Waals surface area contributed by atoms with Crippen molar-refractivity contribution in [2.75, 3.05) is 0 Å². The molecule has 2 aromatic carbocycles. The van der Waals surface area contributed by atoms with Gasteiger partial charge in [-0.15, -0.1) is 0 Å². The fraction of sp³-hybridized carbons (Fsp3) is 0.500. The number of ether oxygens (including phenoxy) is 1. The van der Waals surface area contributed by atoms with Gasteiger partial charge in [-0.1, -0.05) is 60.7 Å². The molecule has 2 heteroatoms. The van der Waals surface area contributed by atoms with E-state index in [9.17, 15) is 0 Å². The van der Waals surface area contributed by atoms with Gasteiger partial charge in [0.15, 0.2) is 0 Å². The largest absolute Gasteiger partial charge is 0.370 e. The molecule has 0 aromatic heterocycles. The molecule has 0 amide bonds. The van der Waals surface area contributed by atoms with Crippen molar-refractivity contribution in [3.05, 3.63) is 71.8 Å². The van der Waals surface area contributed by atoms with Crippen LogP contribution in [-0.4, -0.2) is 11.1 Å². The van der Waals surface area contributed by atoms with Crippen LogP contribution in [0.3, 0.4) is 0 Å². The van der Waals surface area contributed by atoms with Gasteiger partial charge in [0.25, 0.3) is 0 Å². The third kappa shape index (κ3) is 2.90. The van der Waals surface area contributed by atoms with Gasteiger partial charge in [-0.2, -0.15) is 0 Å². The number of hydrogen-bond acceptors (Lipinski definition) is 2. The van der Waals surface area contributed by atoms with E-state index in [0.717, 1.165) is 31.3 Å². The zero-order chi connectivity index (χ0) is 17.6. The minimum absolute atomic E-state index is 0.0175. The summed E-state index contributed by atoms with van der Waals surface area (Å²) >= 11 is 0. The van der Waals surface area contributed by atoms with Crippen molar-refractivity contribution >= 4 is 0 Å². The Balaban J connectivity index is 1.35. The fourth-order valence-corrected chi connectivity index (χ4v) is 6.47. The number of rotatable bonds is 5. The zero-order valence-electron chi connectivity index (χ0n) is 15.4. The second kappa shape index (κ2) is 6.21. The predicted molar refractivity (Wildman–Crippen MR) is 105 cm³/mol. The Hall–Kier alpha value is -1.64. The molecule has 2 aromatic rings. The lowest BCUT2D eigenvalue weighted by atomic mass is 9.46. The molecule has 0 saturated heterocycles. The maximum Gasteiger partial charge on any atom is 0.0724 e. The Morgan fingerprint density at radius 2 is 1.58 bits per heavy atom. The predicted octanol–water partition coefficient (Wildman–Crippen LogP) is 4.72. The highest BCUT2D eigenvalue weighted by molar-refractivity contribution is 5.22. The standard InChI is InChI=1S/C24H29NO/c25-24-14-20-11-21(22(24)12-18-7-3-1-4-8-18)15-23(13-20,17-24)26-16-19-9-5-2-6-10-19/h1-10,20-22H,11-17,25H2/t20-,21?,22+,23-,24-/m1/s1. The van der Waals surface area contributed by atoms with Crippen molar-refractivity contribution < 1.29 is 4.74 Å². The number of benzene rings is 2. The van der Waals surface area contributed by atoms with E-state index in [1.165, 1.54) is 36.8 Å². The Kier molecular flexibility index (Phi) is 3.95. The SMILES string of the molecule is N[C@]12C[C@@H]3CC(C[C@](OCc4ccccc4)(C3)C1)[C@@H]2Cc1ccccc1. The maximum atomic E-state index is 7.09. The summed E-state index contributed by atoms with van der Waals surface area (Å²) in [4.78, 5) is 0. The van der Waals surface area contributed by atoms with E-state index in [1.807, 2.05) is 0 Å². The molecule has 4 aliphatic rings. The molecule has 6 rings (SSSR count). The van der Waals surface area contributed by atoms with Gasteiger partial charge in [-0.25, -0.2) is 0 Å². The average Bonchev–Trinajstić information content (AvgIpc) is 2.64. The Bertz CT molecular complexity index is 754.